The van der Waals surface area contributed by atoms with Crippen LogP contribution in [0, 0.1) is 0 Å². The van der Waals surface area contributed by atoms with Gasteiger partial charge in [0.2, 0.25) is 5.89 Å². The van der Waals surface area contributed by atoms with Crippen LogP contribution < -0.4 is 15.2 Å². The normalized spacial score (nSPS) is 13.7. The summed E-state index contributed by atoms with van der Waals surface area (Å²) in [6.45, 7) is 1.46. The van der Waals surface area contributed by atoms with Gasteiger partial charge in [-0.25, -0.2) is 4.98 Å². The molecule has 0 atom stereocenters. The molecule has 5 heteroatoms. The second kappa shape index (κ2) is 4.10. The number of fused-ring (bicyclic) bond motifs is 1. The van der Waals surface area contributed by atoms with Crippen LogP contribution in [0.1, 0.15) is 5.69 Å². The molecule has 0 fully saturated rings. The highest BCUT2D eigenvalue weighted by Gasteiger charge is 2.19. The lowest BCUT2D eigenvalue weighted by Crippen LogP contribution is -2.15. The molecule has 5 nitrogen and oxygen atoms in total. The molecule has 1 aliphatic rings. The van der Waals surface area contributed by atoms with Crippen LogP contribution in [0.5, 0.6) is 11.5 Å². The van der Waals surface area contributed by atoms with E-state index in [1.165, 1.54) is 0 Å². The Hall–Kier alpha value is -2.01. The van der Waals surface area contributed by atoms with Crippen LogP contribution >= 0.6 is 0 Å². The summed E-state index contributed by atoms with van der Waals surface area (Å²) < 4.78 is 16.5. The van der Waals surface area contributed by atoms with Crippen LogP contribution in [-0.4, -0.2) is 18.2 Å². The average molecular weight is 232 g/mol. The molecule has 0 saturated heterocycles. The molecule has 2 aromatic rings. The van der Waals surface area contributed by atoms with Crippen LogP contribution in [0.4, 0.5) is 0 Å². The number of hydrogen-bond donors (Lipinski definition) is 1. The van der Waals surface area contributed by atoms with Crippen molar-refractivity contribution < 1.29 is 13.9 Å². The molecule has 1 aromatic heterocycles. The second-order valence-corrected chi connectivity index (χ2v) is 3.68. The number of para-hydroxylation sites is 1. The van der Waals surface area contributed by atoms with Crippen molar-refractivity contribution in [1.82, 2.24) is 4.98 Å². The molecule has 0 unspecified atom stereocenters. The third-order valence-corrected chi connectivity index (χ3v) is 2.56. The van der Waals surface area contributed by atoms with Crippen LogP contribution in [0.2, 0.25) is 0 Å². The van der Waals surface area contributed by atoms with Gasteiger partial charge in [0.1, 0.15) is 19.5 Å². The van der Waals surface area contributed by atoms with Crippen LogP contribution in [-0.2, 0) is 6.54 Å². The van der Waals surface area contributed by atoms with Gasteiger partial charge in [-0.05, 0) is 12.1 Å². The Morgan fingerprint density at radius 3 is 2.94 bits per heavy atom. The first kappa shape index (κ1) is 10.2. The van der Waals surface area contributed by atoms with E-state index in [4.69, 9.17) is 19.6 Å². The molecule has 0 spiro atoms. The SMILES string of the molecule is NCc1coc(-c2cccc3c2OCCO3)n1. The molecule has 0 radical (unpaired) electrons. The van der Waals surface area contributed by atoms with E-state index in [0.717, 1.165) is 11.3 Å². The minimum Gasteiger partial charge on any atom is -0.486 e. The summed E-state index contributed by atoms with van der Waals surface area (Å²) in [5.74, 6) is 1.92. The summed E-state index contributed by atoms with van der Waals surface area (Å²) >= 11 is 0. The van der Waals surface area contributed by atoms with Gasteiger partial charge in [0.25, 0.3) is 0 Å². The first-order valence-electron chi connectivity index (χ1n) is 5.42. The Morgan fingerprint density at radius 2 is 2.12 bits per heavy atom. The fraction of sp³-hybridized carbons (Fsp3) is 0.250. The van der Waals surface area contributed by atoms with Gasteiger partial charge in [-0.15, -0.1) is 0 Å². The van der Waals surface area contributed by atoms with Crippen molar-refractivity contribution in [2.45, 2.75) is 6.54 Å². The maximum absolute atomic E-state index is 5.60. The molecule has 0 saturated carbocycles. The topological polar surface area (TPSA) is 70.5 Å². The number of aromatic nitrogens is 1. The van der Waals surface area contributed by atoms with Gasteiger partial charge in [-0.1, -0.05) is 6.07 Å². The molecule has 3 rings (SSSR count). The lowest BCUT2D eigenvalue weighted by atomic mass is 10.1. The average Bonchev–Trinajstić information content (AvgIpc) is 2.87. The highest BCUT2D eigenvalue weighted by Crippen LogP contribution is 2.39. The number of hydrogen-bond acceptors (Lipinski definition) is 5. The van der Waals surface area contributed by atoms with Gasteiger partial charge >= 0.3 is 0 Å². The maximum atomic E-state index is 5.60. The Bertz CT molecular complexity index is 536. The molecule has 2 heterocycles. The van der Waals surface area contributed by atoms with Gasteiger partial charge in [-0.2, -0.15) is 0 Å². The minimum absolute atomic E-state index is 0.357. The highest BCUT2D eigenvalue weighted by atomic mass is 16.6. The second-order valence-electron chi connectivity index (χ2n) is 3.68. The van der Waals surface area contributed by atoms with Crippen molar-refractivity contribution in [3.05, 3.63) is 30.2 Å². The highest BCUT2D eigenvalue weighted by molar-refractivity contribution is 5.68. The molecule has 2 N–H and O–H groups in total. The van der Waals surface area contributed by atoms with Crippen molar-refractivity contribution in [2.24, 2.45) is 5.73 Å². The minimum atomic E-state index is 0.357. The molecular formula is C12H12N2O3. The van der Waals surface area contributed by atoms with Gasteiger partial charge in [0.15, 0.2) is 11.5 Å². The first-order valence-corrected chi connectivity index (χ1v) is 5.42. The zero-order valence-corrected chi connectivity index (χ0v) is 9.18. The van der Waals surface area contributed by atoms with Gasteiger partial charge in [-0.3, -0.25) is 0 Å². The number of oxazole rings is 1. The zero-order valence-electron chi connectivity index (χ0n) is 9.18. The first-order chi connectivity index (χ1) is 8.38. The number of benzene rings is 1. The number of rotatable bonds is 2. The Labute approximate surface area is 98.2 Å². The third kappa shape index (κ3) is 1.74. The molecule has 0 amide bonds. The van der Waals surface area contributed by atoms with Crippen molar-refractivity contribution in [3.63, 3.8) is 0 Å². The van der Waals surface area contributed by atoms with E-state index >= 15 is 0 Å². The van der Waals surface area contributed by atoms with E-state index in [0.29, 0.717) is 37.1 Å². The monoisotopic (exact) mass is 232 g/mol. The summed E-state index contributed by atoms with van der Waals surface area (Å²) in [4.78, 5) is 4.28. The van der Waals surface area contributed by atoms with Crippen LogP contribution in [0.3, 0.4) is 0 Å². The largest absolute Gasteiger partial charge is 0.486 e. The van der Waals surface area contributed by atoms with E-state index in [2.05, 4.69) is 4.98 Å². The summed E-state index contributed by atoms with van der Waals surface area (Å²) in [7, 11) is 0. The zero-order chi connectivity index (χ0) is 11.7. The van der Waals surface area contributed by atoms with E-state index in [1.807, 2.05) is 18.2 Å². The smallest absolute Gasteiger partial charge is 0.230 e. The molecule has 0 aliphatic carbocycles. The number of nitrogens with two attached hydrogens (primary N) is 1. The predicted molar refractivity (Wildman–Crippen MR) is 60.8 cm³/mol. The fourth-order valence-electron chi connectivity index (χ4n) is 1.77. The standard InChI is InChI=1S/C12H12N2O3/c13-6-8-7-17-12(14-8)9-2-1-3-10-11(9)16-5-4-15-10/h1-3,7H,4-6,13H2. The molecule has 1 aromatic carbocycles. The molecule has 17 heavy (non-hydrogen) atoms. The summed E-state index contributed by atoms with van der Waals surface area (Å²) in [5.41, 5.74) is 7.01. The van der Waals surface area contributed by atoms with Gasteiger partial charge in [0, 0.05) is 6.54 Å². The van der Waals surface area contributed by atoms with Gasteiger partial charge in [0.05, 0.1) is 11.3 Å². The number of ether oxygens (including phenoxy) is 2. The van der Waals surface area contributed by atoms with Crippen LogP contribution in [0.15, 0.2) is 28.9 Å². The Kier molecular flexibility index (Phi) is 2.45. The molecule has 0 bridgehead atoms. The quantitative estimate of drug-likeness (QED) is 0.851. The molecule has 1 aliphatic heterocycles. The Morgan fingerprint density at radius 1 is 1.24 bits per heavy atom. The predicted octanol–water partition coefficient (Wildman–Crippen LogP) is 1.57. The van der Waals surface area contributed by atoms with Gasteiger partial charge < -0.3 is 19.6 Å². The summed E-state index contributed by atoms with van der Waals surface area (Å²) in [6.07, 6.45) is 1.55. The van der Waals surface area contributed by atoms with E-state index in [1.54, 1.807) is 6.26 Å². The van der Waals surface area contributed by atoms with Crippen molar-refractivity contribution in [1.29, 1.82) is 0 Å². The fourth-order valence-corrected chi connectivity index (χ4v) is 1.77. The molecule has 88 valence electrons. The summed E-state index contributed by atoms with van der Waals surface area (Å²) in [6, 6.07) is 5.64. The van der Waals surface area contributed by atoms with E-state index < -0.39 is 0 Å². The van der Waals surface area contributed by atoms with Crippen molar-refractivity contribution in [2.75, 3.05) is 13.2 Å². The lowest BCUT2D eigenvalue weighted by molar-refractivity contribution is 0.172. The van der Waals surface area contributed by atoms with E-state index in [-0.39, 0.29) is 0 Å². The number of nitrogens with zero attached hydrogens (tertiary/aromatic N) is 1. The van der Waals surface area contributed by atoms with Crippen molar-refractivity contribution >= 4 is 0 Å². The molecular weight excluding hydrogens is 220 g/mol. The third-order valence-electron chi connectivity index (χ3n) is 2.56. The van der Waals surface area contributed by atoms with Crippen LogP contribution in [0.25, 0.3) is 11.5 Å². The Balaban J connectivity index is 2.07. The van der Waals surface area contributed by atoms with E-state index in [9.17, 15) is 0 Å². The summed E-state index contributed by atoms with van der Waals surface area (Å²) in [5, 5.41) is 0. The lowest BCUT2D eigenvalue weighted by Gasteiger charge is -2.19. The van der Waals surface area contributed by atoms with Crippen molar-refractivity contribution in [3.8, 4) is 23.0 Å². The maximum Gasteiger partial charge on any atom is 0.230 e.